The Morgan fingerprint density at radius 2 is 2.14 bits per heavy atom. The first-order valence-electron chi connectivity index (χ1n) is 6.52. The number of benzene rings is 1. The van der Waals surface area contributed by atoms with Crippen LogP contribution in [0.15, 0.2) is 23.1 Å². The van der Waals surface area contributed by atoms with Crippen molar-refractivity contribution >= 4 is 21.4 Å². The third kappa shape index (κ3) is 4.13. The minimum Gasteiger partial charge on any atom is -0.393 e. The number of hydrogen-bond donors (Lipinski definition) is 2. The minimum absolute atomic E-state index is 0.0566. The molecule has 1 aromatic rings. The van der Waals surface area contributed by atoms with E-state index in [-0.39, 0.29) is 18.8 Å². The predicted molar refractivity (Wildman–Crippen MR) is 76.2 cm³/mol. The average molecular weight is 315 g/mol. The van der Waals surface area contributed by atoms with Gasteiger partial charge in [0.05, 0.1) is 11.5 Å². The lowest BCUT2D eigenvalue weighted by atomic mass is 10.3. The van der Waals surface area contributed by atoms with E-state index in [9.17, 15) is 18.5 Å². The molecule has 2 rings (SSSR count). The van der Waals surface area contributed by atoms with Gasteiger partial charge in [-0.1, -0.05) is 6.07 Å². The Labute approximate surface area is 122 Å². The van der Waals surface area contributed by atoms with Crippen molar-refractivity contribution in [2.24, 2.45) is 5.92 Å². The lowest BCUT2D eigenvalue weighted by Gasteiger charge is -2.08. The number of anilines is 1. The molecule has 21 heavy (non-hydrogen) atoms. The summed E-state index contributed by atoms with van der Waals surface area (Å²) < 4.78 is 31.8. The fourth-order valence-corrected chi connectivity index (χ4v) is 3.02. The first-order chi connectivity index (χ1) is 9.92. The summed E-state index contributed by atoms with van der Waals surface area (Å²) in [6.07, 6.45) is 2.31. The third-order valence-corrected chi connectivity index (χ3v) is 4.58. The molecule has 9 heteroatoms. The SMILES string of the molecule is Nc1cccc(S(=O)(=O)NCCOCC2CC2)c1[N+](=O)[O-]. The number of nitrogens with two attached hydrogens (primary N) is 1. The number of para-hydroxylation sites is 1. The van der Waals surface area contributed by atoms with Crippen molar-refractivity contribution in [2.45, 2.75) is 17.7 Å². The van der Waals surface area contributed by atoms with E-state index in [0.717, 1.165) is 18.9 Å². The summed E-state index contributed by atoms with van der Waals surface area (Å²) in [6, 6.07) is 3.80. The van der Waals surface area contributed by atoms with Gasteiger partial charge in [0.15, 0.2) is 4.90 Å². The van der Waals surface area contributed by atoms with Gasteiger partial charge in [-0.2, -0.15) is 0 Å². The number of nitro groups is 1. The van der Waals surface area contributed by atoms with Gasteiger partial charge in [0, 0.05) is 13.2 Å². The molecular formula is C12H17N3O5S. The molecule has 0 unspecified atom stereocenters. The Balaban J connectivity index is 2.01. The Bertz CT molecular complexity index is 628. The zero-order valence-electron chi connectivity index (χ0n) is 11.3. The lowest BCUT2D eigenvalue weighted by Crippen LogP contribution is -2.28. The Kier molecular flexibility index (Phi) is 4.76. The monoisotopic (exact) mass is 315 g/mol. The van der Waals surface area contributed by atoms with Crippen molar-refractivity contribution in [3.8, 4) is 0 Å². The predicted octanol–water partition coefficient (Wildman–Crippen LogP) is 0.882. The van der Waals surface area contributed by atoms with Crippen LogP contribution in [0.3, 0.4) is 0 Å². The van der Waals surface area contributed by atoms with Crippen LogP contribution in [0.5, 0.6) is 0 Å². The van der Waals surface area contributed by atoms with Crippen LogP contribution >= 0.6 is 0 Å². The van der Waals surface area contributed by atoms with Gasteiger partial charge >= 0.3 is 5.69 Å². The molecule has 116 valence electrons. The summed E-state index contributed by atoms with van der Waals surface area (Å²) >= 11 is 0. The molecule has 1 aliphatic carbocycles. The smallest absolute Gasteiger partial charge is 0.312 e. The summed E-state index contributed by atoms with van der Waals surface area (Å²) in [5, 5.41) is 11.0. The number of ether oxygens (including phenoxy) is 1. The largest absolute Gasteiger partial charge is 0.393 e. The van der Waals surface area contributed by atoms with Gasteiger partial charge in [-0.3, -0.25) is 10.1 Å². The number of nitrogens with zero attached hydrogens (tertiary/aromatic N) is 1. The van der Waals surface area contributed by atoms with E-state index in [4.69, 9.17) is 10.5 Å². The highest BCUT2D eigenvalue weighted by atomic mass is 32.2. The highest BCUT2D eigenvalue weighted by Crippen LogP contribution is 2.30. The first kappa shape index (κ1) is 15.7. The zero-order chi connectivity index (χ0) is 15.5. The molecule has 0 saturated heterocycles. The molecule has 0 atom stereocenters. The van der Waals surface area contributed by atoms with Crippen LogP contribution in [-0.2, 0) is 14.8 Å². The van der Waals surface area contributed by atoms with Crippen molar-refractivity contribution < 1.29 is 18.1 Å². The number of nitro benzene ring substituents is 1. The van der Waals surface area contributed by atoms with Crippen LogP contribution < -0.4 is 10.5 Å². The molecule has 0 heterocycles. The van der Waals surface area contributed by atoms with Gasteiger partial charge in [-0.15, -0.1) is 0 Å². The Hall–Kier alpha value is -1.71. The average Bonchev–Trinajstić information content (AvgIpc) is 3.21. The van der Waals surface area contributed by atoms with E-state index in [0.29, 0.717) is 12.5 Å². The normalized spacial score (nSPS) is 15.0. The van der Waals surface area contributed by atoms with E-state index < -0.39 is 25.5 Å². The third-order valence-electron chi connectivity index (χ3n) is 3.09. The fraction of sp³-hybridized carbons (Fsp3) is 0.500. The molecule has 0 aliphatic heterocycles. The number of nitrogens with one attached hydrogen (secondary N) is 1. The van der Waals surface area contributed by atoms with Crippen molar-refractivity contribution in [3.63, 3.8) is 0 Å². The van der Waals surface area contributed by atoms with Crippen LogP contribution in [0.1, 0.15) is 12.8 Å². The molecule has 1 aromatic carbocycles. The summed E-state index contributed by atoms with van der Waals surface area (Å²) in [7, 11) is -4.00. The zero-order valence-corrected chi connectivity index (χ0v) is 12.1. The summed E-state index contributed by atoms with van der Waals surface area (Å²) in [6.45, 7) is 0.910. The number of rotatable bonds is 8. The van der Waals surface area contributed by atoms with Crippen molar-refractivity contribution in [3.05, 3.63) is 28.3 Å². The highest BCUT2D eigenvalue weighted by molar-refractivity contribution is 7.89. The molecular weight excluding hydrogens is 298 g/mol. The molecule has 8 nitrogen and oxygen atoms in total. The molecule has 0 spiro atoms. The number of hydrogen-bond acceptors (Lipinski definition) is 6. The van der Waals surface area contributed by atoms with Gasteiger partial charge in [-0.25, -0.2) is 13.1 Å². The molecule has 0 aromatic heterocycles. The van der Waals surface area contributed by atoms with Crippen molar-refractivity contribution in [1.29, 1.82) is 0 Å². The second-order valence-corrected chi connectivity index (χ2v) is 6.60. The second kappa shape index (κ2) is 6.37. The van der Waals surface area contributed by atoms with Crippen LogP contribution in [0.4, 0.5) is 11.4 Å². The number of nitrogen functional groups attached to an aromatic ring is 1. The Morgan fingerprint density at radius 1 is 1.43 bits per heavy atom. The maximum atomic E-state index is 12.1. The lowest BCUT2D eigenvalue weighted by molar-refractivity contribution is -0.386. The minimum atomic E-state index is -4.00. The summed E-state index contributed by atoms with van der Waals surface area (Å²) in [5.41, 5.74) is 4.68. The van der Waals surface area contributed by atoms with E-state index in [2.05, 4.69) is 4.72 Å². The molecule has 1 aliphatic rings. The van der Waals surface area contributed by atoms with Crippen molar-refractivity contribution in [2.75, 3.05) is 25.5 Å². The van der Waals surface area contributed by atoms with Crippen LogP contribution in [0, 0.1) is 16.0 Å². The molecule has 0 radical (unpaired) electrons. The molecule has 1 fully saturated rings. The van der Waals surface area contributed by atoms with Crippen LogP contribution in [-0.4, -0.2) is 33.1 Å². The quantitative estimate of drug-likeness (QED) is 0.317. The van der Waals surface area contributed by atoms with E-state index >= 15 is 0 Å². The summed E-state index contributed by atoms with van der Waals surface area (Å²) in [5.74, 6) is 0.594. The molecule has 3 N–H and O–H groups in total. The first-order valence-corrected chi connectivity index (χ1v) is 8.00. The Morgan fingerprint density at radius 3 is 2.76 bits per heavy atom. The second-order valence-electron chi connectivity index (χ2n) is 4.87. The molecule has 0 amide bonds. The van der Waals surface area contributed by atoms with Crippen LogP contribution in [0.2, 0.25) is 0 Å². The topological polar surface area (TPSA) is 125 Å². The fourth-order valence-electron chi connectivity index (χ4n) is 1.81. The van der Waals surface area contributed by atoms with E-state index in [1.165, 1.54) is 12.1 Å². The maximum absolute atomic E-state index is 12.1. The van der Waals surface area contributed by atoms with Gasteiger partial charge < -0.3 is 10.5 Å². The van der Waals surface area contributed by atoms with Crippen molar-refractivity contribution in [1.82, 2.24) is 4.72 Å². The standard InChI is InChI=1S/C12H17N3O5S/c13-10-2-1-3-11(12(10)15(16)17)21(18,19)14-6-7-20-8-9-4-5-9/h1-3,9,14H,4-8,13H2. The van der Waals surface area contributed by atoms with Crippen LogP contribution in [0.25, 0.3) is 0 Å². The van der Waals surface area contributed by atoms with E-state index in [1.807, 2.05) is 0 Å². The maximum Gasteiger partial charge on any atom is 0.312 e. The summed E-state index contributed by atoms with van der Waals surface area (Å²) in [4.78, 5) is 9.72. The molecule has 1 saturated carbocycles. The van der Waals surface area contributed by atoms with Gasteiger partial charge in [-0.05, 0) is 30.9 Å². The van der Waals surface area contributed by atoms with E-state index in [1.54, 1.807) is 0 Å². The number of sulfonamides is 1. The van der Waals surface area contributed by atoms with Gasteiger partial charge in [0.2, 0.25) is 10.0 Å². The molecule has 0 bridgehead atoms. The highest BCUT2D eigenvalue weighted by Gasteiger charge is 2.27. The van der Waals surface area contributed by atoms with Gasteiger partial charge in [0.25, 0.3) is 0 Å². The van der Waals surface area contributed by atoms with Gasteiger partial charge in [0.1, 0.15) is 5.69 Å².